The molecule has 0 amide bonds. The lowest BCUT2D eigenvalue weighted by Crippen LogP contribution is -2.17. The number of ether oxygens (including phenoxy) is 2. The fourth-order valence-electron chi connectivity index (χ4n) is 1.41. The molecule has 1 aromatic heterocycles. The summed E-state index contributed by atoms with van der Waals surface area (Å²) in [6.45, 7) is 3.33. The second-order valence-electron chi connectivity index (χ2n) is 3.56. The van der Waals surface area contributed by atoms with Crippen LogP contribution in [-0.2, 0) is 4.74 Å². The number of hydrogen-bond acceptors (Lipinski definition) is 4. The lowest BCUT2D eigenvalue weighted by molar-refractivity contribution is 0.137. The van der Waals surface area contributed by atoms with E-state index in [-0.39, 0.29) is 6.10 Å². The second-order valence-corrected chi connectivity index (χ2v) is 4.35. The van der Waals surface area contributed by atoms with Gasteiger partial charge in [-0.25, -0.2) is 4.98 Å². The van der Waals surface area contributed by atoms with Crippen LogP contribution in [0.1, 0.15) is 12.0 Å². The summed E-state index contributed by atoms with van der Waals surface area (Å²) < 4.78 is 11.8. The standard InChI is InChI=1S/C10H13BrN2O2/c1-6-8(12)4-13-10(9(6)11)15-7-2-3-14-5-7/h4,7H,2-3,5,12H2,1H3. The van der Waals surface area contributed by atoms with Crippen molar-refractivity contribution < 1.29 is 9.47 Å². The molecule has 82 valence electrons. The molecule has 2 heterocycles. The SMILES string of the molecule is Cc1c(N)cnc(OC2CCOC2)c1Br. The number of aromatic nitrogens is 1. The monoisotopic (exact) mass is 272 g/mol. The minimum Gasteiger partial charge on any atom is -0.471 e. The van der Waals surface area contributed by atoms with Gasteiger partial charge in [0.05, 0.1) is 29.6 Å². The highest BCUT2D eigenvalue weighted by Gasteiger charge is 2.19. The van der Waals surface area contributed by atoms with Crippen molar-refractivity contribution in [3.8, 4) is 5.88 Å². The Hall–Kier alpha value is -0.810. The Balaban J connectivity index is 2.17. The molecule has 0 aromatic carbocycles. The maximum Gasteiger partial charge on any atom is 0.228 e. The van der Waals surface area contributed by atoms with E-state index in [4.69, 9.17) is 15.2 Å². The lowest BCUT2D eigenvalue weighted by Gasteiger charge is -2.13. The summed E-state index contributed by atoms with van der Waals surface area (Å²) in [6.07, 6.45) is 2.64. The number of pyridine rings is 1. The molecule has 2 N–H and O–H groups in total. The molecule has 0 radical (unpaired) electrons. The molecule has 1 saturated heterocycles. The zero-order chi connectivity index (χ0) is 10.8. The van der Waals surface area contributed by atoms with Crippen molar-refractivity contribution in [3.05, 3.63) is 16.2 Å². The van der Waals surface area contributed by atoms with E-state index < -0.39 is 0 Å². The molecule has 0 bridgehead atoms. The van der Waals surface area contributed by atoms with E-state index in [1.165, 1.54) is 0 Å². The number of nitrogens with two attached hydrogens (primary N) is 1. The summed E-state index contributed by atoms with van der Waals surface area (Å²) in [7, 11) is 0. The molecular weight excluding hydrogens is 260 g/mol. The molecular formula is C10H13BrN2O2. The molecule has 1 aliphatic rings. The highest BCUT2D eigenvalue weighted by Crippen LogP contribution is 2.30. The maximum atomic E-state index is 5.72. The third-order valence-electron chi connectivity index (χ3n) is 2.44. The van der Waals surface area contributed by atoms with E-state index in [9.17, 15) is 0 Å². The first-order valence-corrected chi connectivity index (χ1v) is 5.62. The summed E-state index contributed by atoms with van der Waals surface area (Å²) in [4.78, 5) is 4.15. The second kappa shape index (κ2) is 4.37. The van der Waals surface area contributed by atoms with Gasteiger partial charge in [-0.1, -0.05) is 0 Å². The largest absolute Gasteiger partial charge is 0.471 e. The average Bonchev–Trinajstić information content (AvgIpc) is 2.72. The van der Waals surface area contributed by atoms with Gasteiger partial charge in [-0.15, -0.1) is 0 Å². The van der Waals surface area contributed by atoms with E-state index >= 15 is 0 Å². The Bertz CT molecular complexity index is 365. The minimum absolute atomic E-state index is 0.108. The van der Waals surface area contributed by atoms with Gasteiger partial charge in [-0.2, -0.15) is 0 Å². The topological polar surface area (TPSA) is 57.4 Å². The molecule has 0 aliphatic carbocycles. The van der Waals surface area contributed by atoms with E-state index in [0.717, 1.165) is 23.1 Å². The fraction of sp³-hybridized carbons (Fsp3) is 0.500. The van der Waals surface area contributed by atoms with Gasteiger partial charge in [0.1, 0.15) is 6.10 Å². The van der Waals surface area contributed by atoms with Crippen molar-refractivity contribution in [2.24, 2.45) is 0 Å². The predicted octanol–water partition coefficient (Wildman–Crippen LogP) is 1.90. The first-order chi connectivity index (χ1) is 7.18. The average molecular weight is 273 g/mol. The molecule has 4 nitrogen and oxygen atoms in total. The van der Waals surface area contributed by atoms with E-state index in [1.54, 1.807) is 6.20 Å². The van der Waals surface area contributed by atoms with Crippen LogP contribution in [0.15, 0.2) is 10.7 Å². The smallest absolute Gasteiger partial charge is 0.228 e. The summed E-state index contributed by atoms with van der Waals surface area (Å²) in [5.74, 6) is 0.595. The van der Waals surface area contributed by atoms with Crippen LogP contribution in [0.25, 0.3) is 0 Å². The van der Waals surface area contributed by atoms with Crippen LogP contribution < -0.4 is 10.5 Å². The summed E-state index contributed by atoms with van der Waals surface area (Å²) in [5.41, 5.74) is 7.35. The van der Waals surface area contributed by atoms with Crippen molar-refractivity contribution in [1.82, 2.24) is 4.98 Å². The van der Waals surface area contributed by atoms with Gasteiger partial charge in [-0.05, 0) is 28.4 Å². The number of halogens is 1. The highest BCUT2D eigenvalue weighted by molar-refractivity contribution is 9.10. The molecule has 0 saturated carbocycles. The normalized spacial score (nSPS) is 20.5. The molecule has 5 heteroatoms. The van der Waals surface area contributed by atoms with Crippen LogP contribution >= 0.6 is 15.9 Å². The fourth-order valence-corrected chi connectivity index (χ4v) is 1.84. The molecule has 15 heavy (non-hydrogen) atoms. The Morgan fingerprint density at radius 3 is 3.13 bits per heavy atom. The van der Waals surface area contributed by atoms with Crippen molar-refractivity contribution in [3.63, 3.8) is 0 Å². The van der Waals surface area contributed by atoms with Gasteiger partial charge in [0.2, 0.25) is 5.88 Å². The van der Waals surface area contributed by atoms with Crippen LogP contribution in [0.4, 0.5) is 5.69 Å². The van der Waals surface area contributed by atoms with Crippen LogP contribution in [-0.4, -0.2) is 24.3 Å². The third kappa shape index (κ3) is 2.23. The van der Waals surface area contributed by atoms with Crippen molar-refractivity contribution in [2.75, 3.05) is 18.9 Å². The zero-order valence-corrected chi connectivity index (χ0v) is 10.1. The number of hydrogen-bond donors (Lipinski definition) is 1. The number of rotatable bonds is 2. The van der Waals surface area contributed by atoms with Crippen molar-refractivity contribution >= 4 is 21.6 Å². The molecule has 1 unspecified atom stereocenters. The quantitative estimate of drug-likeness (QED) is 0.894. The molecule has 2 rings (SSSR count). The van der Waals surface area contributed by atoms with Crippen molar-refractivity contribution in [1.29, 1.82) is 0 Å². The predicted molar refractivity (Wildman–Crippen MR) is 60.9 cm³/mol. The molecule has 1 atom stereocenters. The van der Waals surface area contributed by atoms with E-state index in [1.807, 2.05) is 6.92 Å². The molecule has 0 spiro atoms. The number of nitrogen functional groups attached to an aromatic ring is 1. The molecule has 1 aliphatic heterocycles. The van der Waals surface area contributed by atoms with Crippen LogP contribution in [0.5, 0.6) is 5.88 Å². The third-order valence-corrected chi connectivity index (χ3v) is 3.37. The lowest BCUT2D eigenvalue weighted by atomic mass is 10.2. The number of nitrogens with zero attached hydrogens (tertiary/aromatic N) is 1. The van der Waals surface area contributed by atoms with Gasteiger partial charge in [0.15, 0.2) is 0 Å². The Morgan fingerprint density at radius 1 is 1.67 bits per heavy atom. The van der Waals surface area contributed by atoms with Gasteiger partial charge >= 0.3 is 0 Å². The summed E-state index contributed by atoms with van der Waals surface area (Å²) in [6, 6.07) is 0. The van der Waals surface area contributed by atoms with Gasteiger partial charge in [0, 0.05) is 6.42 Å². The van der Waals surface area contributed by atoms with Crippen LogP contribution in [0.2, 0.25) is 0 Å². The number of anilines is 1. The van der Waals surface area contributed by atoms with Gasteiger partial charge in [0.25, 0.3) is 0 Å². The first-order valence-electron chi connectivity index (χ1n) is 4.83. The van der Waals surface area contributed by atoms with Gasteiger partial charge in [-0.3, -0.25) is 0 Å². The Morgan fingerprint density at radius 2 is 2.47 bits per heavy atom. The van der Waals surface area contributed by atoms with Crippen LogP contribution in [0, 0.1) is 6.92 Å². The molecule has 1 aromatic rings. The van der Waals surface area contributed by atoms with E-state index in [2.05, 4.69) is 20.9 Å². The first kappa shape index (κ1) is 10.7. The molecule has 1 fully saturated rings. The van der Waals surface area contributed by atoms with E-state index in [0.29, 0.717) is 18.2 Å². The summed E-state index contributed by atoms with van der Waals surface area (Å²) in [5, 5.41) is 0. The summed E-state index contributed by atoms with van der Waals surface area (Å²) >= 11 is 3.43. The minimum atomic E-state index is 0.108. The van der Waals surface area contributed by atoms with Crippen molar-refractivity contribution in [2.45, 2.75) is 19.4 Å². The van der Waals surface area contributed by atoms with Gasteiger partial charge < -0.3 is 15.2 Å². The maximum absolute atomic E-state index is 5.72. The van der Waals surface area contributed by atoms with Crippen LogP contribution in [0.3, 0.4) is 0 Å². The Kier molecular flexibility index (Phi) is 3.11. The highest BCUT2D eigenvalue weighted by atomic mass is 79.9. The zero-order valence-electron chi connectivity index (χ0n) is 8.50. The Labute approximate surface area is 96.9 Å².